The summed E-state index contributed by atoms with van der Waals surface area (Å²) in [6.45, 7) is 8.80. The van der Waals surface area contributed by atoms with Gasteiger partial charge in [0.25, 0.3) is 0 Å². The Labute approximate surface area is 91.6 Å². The molecule has 1 unspecified atom stereocenters. The molecule has 86 valence electrons. The summed E-state index contributed by atoms with van der Waals surface area (Å²) in [5.74, 6) is 0. The normalized spacial score (nSPS) is 13.3. The molecule has 0 bridgehead atoms. The summed E-state index contributed by atoms with van der Waals surface area (Å²) in [4.78, 5) is 0. The van der Waals surface area contributed by atoms with Crippen LogP contribution in [0.3, 0.4) is 0 Å². The lowest BCUT2D eigenvalue weighted by molar-refractivity contribution is 0.0792. The Morgan fingerprint density at radius 1 is 1.40 bits per heavy atom. The number of rotatable bonds is 7. The molecule has 0 aliphatic heterocycles. The second-order valence-corrected chi connectivity index (χ2v) is 4.00. The molecule has 4 heteroatoms. The molecule has 0 aromatic carbocycles. The van der Waals surface area contributed by atoms with Crippen LogP contribution in [0.1, 0.15) is 20.8 Å². The zero-order chi connectivity index (χ0) is 11.1. The number of nitrogens with one attached hydrogen (secondary N) is 1. The van der Waals surface area contributed by atoms with E-state index in [2.05, 4.69) is 17.3 Å². The largest absolute Gasteiger partial charge is 0.377 e. The fourth-order valence-electron chi connectivity index (χ4n) is 1.35. The fraction of sp³-hybridized carbons (Fsp3) is 0.727. The molecule has 0 aliphatic rings. The average molecular weight is 211 g/mol. The Hall–Kier alpha value is -0.870. The van der Waals surface area contributed by atoms with E-state index in [0.29, 0.717) is 12.1 Å². The molecular formula is C11H21N3O. The van der Waals surface area contributed by atoms with Crippen LogP contribution in [0.4, 0.5) is 0 Å². The quantitative estimate of drug-likeness (QED) is 0.691. The molecule has 1 N–H and O–H groups in total. The van der Waals surface area contributed by atoms with Crippen LogP contribution in [0.25, 0.3) is 0 Å². The molecule has 1 rings (SSSR count). The van der Waals surface area contributed by atoms with Crippen molar-refractivity contribution in [3.8, 4) is 0 Å². The molecule has 0 aliphatic carbocycles. The van der Waals surface area contributed by atoms with Crippen molar-refractivity contribution in [2.24, 2.45) is 0 Å². The molecule has 1 aromatic heterocycles. The summed E-state index contributed by atoms with van der Waals surface area (Å²) in [6.07, 6.45) is 4.09. The van der Waals surface area contributed by atoms with Crippen LogP contribution in [0.2, 0.25) is 0 Å². The lowest BCUT2D eigenvalue weighted by atomic mass is 10.3. The van der Waals surface area contributed by atoms with Gasteiger partial charge in [-0.25, -0.2) is 0 Å². The maximum atomic E-state index is 5.44. The van der Waals surface area contributed by atoms with Gasteiger partial charge >= 0.3 is 0 Å². The van der Waals surface area contributed by atoms with E-state index >= 15 is 0 Å². The standard InChI is InChI=1S/C11H21N3O/c1-10(2)15-8-6-12-11(3)9-14-7-4-5-13-14/h4-5,7,10-12H,6,8-9H2,1-3H3. The molecule has 0 saturated carbocycles. The van der Waals surface area contributed by atoms with Crippen molar-refractivity contribution in [1.82, 2.24) is 15.1 Å². The lowest BCUT2D eigenvalue weighted by Crippen LogP contribution is -2.33. The topological polar surface area (TPSA) is 39.1 Å². The average Bonchev–Trinajstić information content (AvgIpc) is 2.64. The van der Waals surface area contributed by atoms with Gasteiger partial charge in [-0.2, -0.15) is 5.10 Å². The molecule has 0 fully saturated rings. The van der Waals surface area contributed by atoms with Crippen LogP contribution >= 0.6 is 0 Å². The van der Waals surface area contributed by atoms with Gasteiger partial charge in [0.05, 0.1) is 19.3 Å². The SMILES string of the molecule is CC(Cn1cccn1)NCCOC(C)C. The van der Waals surface area contributed by atoms with E-state index in [-0.39, 0.29) is 0 Å². The molecule has 15 heavy (non-hydrogen) atoms. The number of ether oxygens (including phenoxy) is 1. The van der Waals surface area contributed by atoms with E-state index in [4.69, 9.17) is 4.74 Å². The van der Waals surface area contributed by atoms with Crippen LogP contribution < -0.4 is 5.32 Å². The maximum absolute atomic E-state index is 5.44. The minimum Gasteiger partial charge on any atom is -0.377 e. The maximum Gasteiger partial charge on any atom is 0.0594 e. The van der Waals surface area contributed by atoms with E-state index in [1.54, 1.807) is 6.20 Å². The molecule has 0 saturated heterocycles. The highest BCUT2D eigenvalue weighted by Crippen LogP contribution is 1.91. The Bertz CT molecular complexity index is 246. The van der Waals surface area contributed by atoms with Gasteiger partial charge in [-0.1, -0.05) is 0 Å². The van der Waals surface area contributed by atoms with E-state index in [1.165, 1.54) is 0 Å². The number of hydrogen-bond acceptors (Lipinski definition) is 3. The van der Waals surface area contributed by atoms with E-state index < -0.39 is 0 Å². The number of hydrogen-bond donors (Lipinski definition) is 1. The van der Waals surface area contributed by atoms with Crippen molar-refractivity contribution >= 4 is 0 Å². The van der Waals surface area contributed by atoms with Crippen LogP contribution in [-0.4, -0.2) is 35.1 Å². The van der Waals surface area contributed by atoms with E-state index in [0.717, 1.165) is 19.7 Å². The molecule has 0 amide bonds. The number of nitrogens with zero attached hydrogens (tertiary/aromatic N) is 2. The third kappa shape index (κ3) is 5.54. The summed E-state index contributed by atoms with van der Waals surface area (Å²) >= 11 is 0. The van der Waals surface area contributed by atoms with Crippen molar-refractivity contribution in [2.45, 2.75) is 39.5 Å². The summed E-state index contributed by atoms with van der Waals surface area (Å²) < 4.78 is 7.37. The molecule has 0 radical (unpaired) electrons. The van der Waals surface area contributed by atoms with Gasteiger partial charge in [0, 0.05) is 25.0 Å². The molecule has 1 atom stereocenters. The van der Waals surface area contributed by atoms with Crippen molar-refractivity contribution in [2.75, 3.05) is 13.2 Å². The predicted molar refractivity (Wildman–Crippen MR) is 60.8 cm³/mol. The Morgan fingerprint density at radius 3 is 2.80 bits per heavy atom. The second-order valence-electron chi connectivity index (χ2n) is 4.00. The molecular weight excluding hydrogens is 190 g/mol. The van der Waals surface area contributed by atoms with Gasteiger partial charge in [-0.3, -0.25) is 4.68 Å². The highest BCUT2D eigenvalue weighted by Gasteiger charge is 2.02. The monoisotopic (exact) mass is 211 g/mol. The minimum absolute atomic E-state index is 0.313. The molecule has 4 nitrogen and oxygen atoms in total. The van der Waals surface area contributed by atoms with Crippen LogP contribution in [-0.2, 0) is 11.3 Å². The third-order valence-corrected chi connectivity index (χ3v) is 2.07. The molecule has 1 heterocycles. The Kier molecular flexibility index (Phi) is 5.36. The van der Waals surface area contributed by atoms with Crippen LogP contribution in [0.15, 0.2) is 18.5 Å². The summed E-state index contributed by atoms with van der Waals surface area (Å²) in [6, 6.07) is 2.36. The van der Waals surface area contributed by atoms with Crippen molar-refractivity contribution < 1.29 is 4.74 Å². The van der Waals surface area contributed by atoms with Gasteiger partial charge in [-0.05, 0) is 26.8 Å². The zero-order valence-electron chi connectivity index (χ0n) is 9.81. The predicted octanol–water partition coefficient (Wildman–Crippen LogP) is 1.29. The summed E-state index contributed by atoms with van der Waals surface area (Å²) in [5.41, 5.74) is 0. The summed E-state index contributed by atoms with van der Waals surface area (Å²) in [7, 11) is 0. The van der Waals surface area contributed by atoms with Crippen molar-refractivity contribution in [1.29, 1.82) is 0 Å². The van der Waals surface area contributed by atoms with Gasteiger partial charge in [0.1, 0.15) is 0 Å². The van der Waals surface area contributed by atoms with Gasteiger partial charge in [0.2, 0.25) is 0 Å². The van der Waals surface area contributed by atoms with Crippen molar-refractivity contribution in [3.05, 3.63) is 18.5 Å². The fourth-order valence-corrected chi connectivity index (χ4v) is 1.35. The van der Waals surface area contributed by atoms with Gasteiger partial charge < -0.3 is 10.1 Å². The minimum atomic E-state index is 0.313. The molecule has 0 spiro atoms. The van der Waals surface area contributed by atoms with Crippen LogP contribution in [0.5, 0.6) is 0 Å². The Morgan fingerprint density at radius 2 is 2.20 bits per heavy atom. The first-order chi connectivity index (χ1) is 7.18. The van der Waals surface area contributed by atoms with Crippen LogP contribution in [0, 0.1) is 0 Å². The zero-order valence-corrected chi connectivity index (χ0v) is 9.81. The van der Waals surface area contributed by atoms with Crippen molar-refractivity contribution in [3.63, 3.8) is 0 Å². The molecule has 1 aromatic rings. The first kappa shape index (κ1) is 12.2. The second kappa shape index (κ2) is 6.58. The highest BCUT2D eigenvalue weighted by molar-refractivity contribution is 4.78. The van der Waals surface area contributed by atoms with Gasteiger partial charge in [-0.15, -0.1) is 0 Å². The summed E-state index contributed by atoms with van der Waals surface area (Å²) in [5, 5.41) is 7.55. The highest BCUT2D eigenvalue weighted by atomic mass is 16.5. The van der Waals surface area contributed by atoms with E-state index in [1.807, 2.05) is 30.8 Å². The van der Waals surface area contributed by atoms with Gasteiger partial charge in [0.15, 0.2) is 0 Å². The third-order valence-electron chi connectivity index (χ3n) is 2.07. The number of aromatic nitrogens is 2. The first-order valence-corrected chi connectivity index (χ1v) is 5.51. The first-order valence-electron chi connectivity index (χ1n) is 5.51. The lowest BCUT2D eigenvalue weighted by Gasteiger charge is -2.14. The Balaban J connectivity index is 2.06. The van der Waals surface area contributed by atoms with E-state index in [9.17, 15) is 0 Å². The smallest absolute Gasteiger partial charge is 0.0594 e.